The zero-order chi connectivity index (χ0) is 9.42. The average Bonchev–Trinajstić information content (AvgIpc) is 2.42. The Bertz CT molecular complexity index is 447. The molecule has 13 heavy (non-hydrogen) atoms. The van der Waals surface area contributed by atoms with E-state index in [4.69, 9.17) is 5.73 Å². The highest BCUT2D eigenvalue weighted by atomic mass is 79.9. The van der Waals surface area contributed by atoms with Crippen molar-refractivity contribution in [3.63, 3.8) is 0 Å². The Balaban J connectivity index is 2.76. The molecule has 2 N–H and O–H groups in total. The van der Waals surface area contributed by atoms with Crippen LogP contribution in [-0.4, -0.2) is 9.38 Å². The van der Waals surface area contributed by atoms with Crippen LogP contribution in [0, 0.1) is 6.92 Å². The van der Waals surface area contributed by atoms with E-state index in [-0.39, 0.29) is 0 Å². The molecule has 0 aromatic carbocycles. The third kappa shape index (κ3) is 1.36. The molecule has 2 heterocycles. The normalized spacial score (nSPS) is 11.0. The minimum absolute atomic E-state index is 0.563. The second-order valence-electron chi connectivity index (χ2n) is 2.94. The van der Waals surface area contributed by atoms with Crippen molar-refractivity contribution in [1.82, 2.24) is 9.38 Å². The van der Waals surface area contributed by atoms with Gasteiger partial charge in [0.1, 0.15) is 10.4 Å². The standard InChI is InChI=1S/C9H10BrN3/c1-6-12-9(10)8-4-7(5-11)2-3-13(6)8/h2-4H,5,11H2,1H3. The fraction of sp³-hybridized carbons (Fsp3) is 0.222. The summed E-state index contributed by atoms with van der Waals surface area (Å²) in [6.45, 7) is 2.53. The molecule has 0 aliphatic rings. The summed E-state index contributed by atoms with van der Waals surface area (Å²) < 4.78 is 2.91. The second-order valence-corrected chi connectivity index (χ2v) is 3.70. The molecule has 4 heteroatoms. The molecule has 0 amide bonds. The summed E-state index contributed by atoms with van der Waals surface area (Å²) in [6, 6.07) is 4.05. The number of fused-ring (bicyclic) bond motifs is 1. The quantitative estimate of drug-likeness (QED) is 0.826. The van der Waals surface area contributed by atoms with Gasteiger partial charge in [-0.1, -0.05) is 0 Å². The topological polar surface area (TPSA) is 43.3 Å². The van der Waals surface area contributed by atoms with Crippen molar-refractivity contribution in [2.45, 2.75) is 13.5 Å². The Kier molecular flexibility index (Phi) is 2.09. The van der Waals surface area contributed by atoms with Crippen molar-refractivity contribution < 1.29 is 0 Å². The third-order valence-corrected chi connectivity index (χ3v) is 2.66. The van der Waals surface area contributed by atoms with E-state index in [0.29, 0.717) is 6.54 Å². The summed E-state index contributed by atoms with van der Waals surface area (Å²) >= 11 is 3.41. The van der Waals surface area contributed by atoms with E-state index in [2.05, 4.69) is 20.9 Å². The number of nitrogens with two attached hydrogens (primary N) is 1. The van der Waals surface area contributed by atoms with Crippen LogP contribution >= 0.6 is 15.9 Å². The summed E-state index contributed by atoms with van der Waals surface area (Å²) in [5.74, 6) is 0.977. The van der Waals surface area contributed by atoms with Crippen LogP contribution in [0.5, 0.6) is 0 Å². The van der Waals surface area contributed by atoms with Crippen LogP contribution in [-0.2, 0) is 6.54 Å². The van der Waals surface area contributed by atoms with Crippen LogP contribution < -0.4 is 5.73 Å². The van der Waals surface area contributed by atoms with Crippen molar-refractivity contribution in [3.05, 3.63) is 34.3 Å². The van der Waals surface area contributed by atoms with Crippen LogP contribution in [0.2, 0.25) is 0 Å². The number of rotatable bonds is 1. The third-order valence-electron chi connectivity index (χ3n) is 2.07. The summed E-state index contributed by atoms with van der Waals surface area (Å²) in [4.78, 5) is 4.30. The molecule has 0 unspecified atom stereocenters. The number of nitrogens with zero attached hydrogens (tertiary/aromatic N) is 2. The molecule has 0 aliphatic carbocycles. The zero-order valence-corrected chi connectivity index (χ0v) is 8.87. The molecule has 0 fully saturated rings. The molecular formula is C9H10BrN3. The minimum atomic E-state index is 0.563. The lowest BCUT2D eigenvalue weighted by atomic mass is 10.2. The number of aromatic nitrogens is 2. The molecule has 2 aromatic heterocycles. The van der Waals surface area contributed by atoms with Gasteiger partial charge in [0.2, 0.25) is 0 Å². The molecule has 2 rings (SSSR count). The van der Waals surface area contributed by atoms with Gasteiger partial charge in [0.15, 0.2) is 0 Å². The molecular weight excluding hydrogens is 230 g/mol. The van der Waals surface area contributed by atoms with E-state index in [1.165, 1.54) is 0 Å². The maximum Gasteiger partial charge on any atom is 0.132 e. The molecule has 68 valence electrons. The SMILES string of the molecule is Cc1nc(Br)c2cc(CN)ccn12. The first kappa shape index (κ1) is 8.72. The highest BCUT2D eigenvalue weighted by Crippen LogP contribution is 2.19. The van der Waals surface area contributed by atoms with E-state index in [1.807, 2.05) is 29.7 Å². The Labute approximate surface area is 84.7 Å². The van der Waals surface area contributed by atoms with Gasteiger partial charge in [-0.15, -0.1) is 0 Å². The van der Waals surface area contributed by atoms with Crippen molar-refractivity contribution in [2.75, 3.05) is 0 Å². The van der Waals surface area contributed by atoms with E-state index in [9.17, 15) is 0 Å². The van der Waals surface area contributed by atoms with Crippen molar-refractivity contribution in [2.24, 2.45) is 5.73 Å². The van der Waals surface area contributed by atoms with Crippen LogP contribution in [0.1, 0.15) is 11.4 Å². The largest absolute Gasteiger partial charge is 0.326 e. The van der Waals surface area contributed by atoms with E-state index in [0.717, 1.165) is 21.5 Å². The van der Waals surface area contributed by atoms with Crippen LogP contribution in [0.3, 0.4) is 0 Å². The number of imidazole rings is 1. The maximum absolute atomic E-state index is 5.55. The Morgan fingerprint density at radius 3 is 3.08 bits per heavy atom. The second kappa shape index (κ2) is 3.12. The van der Waals surface area contributed by atoms with E-state index >= 15 is 0 Å². The van der Waals surface area contributed by atoms with Crippen molar-refractivity contribution >= 4 is 21.4 Å². The Hall–Kier alpha value is -0.870. The van der Waals surface area contributed by atoms with Crippen LogP contribution in [0.25, 0.3) is 5.52 Å². The summed E-state index contributed by atoms with van der Waals surface area (Å²) in [6.07, 6.45) is 1.99. The van der Waals surface area contributed by atoms with E-state index < -0.39 is 0 Å². The number of hydrogen-bond donors (Lipinski definition) is 1. The Morgan fingerprint density at radius 2 is 2.38 bits per heavy atom. The first-order valence-electron chi connectivity index (χ1n) is 4.05. The zero-order valence-electron chi connectivity index (χ0n) is 7.29. The smallest absolute Gasteiger partial charge is 0.132 e. The van der Waals surface area contributed by atoms with Gasteiger partial charge in [0.25, 0.3) is 0 Å². The van der Waals surface area contributed by atoms with Crippen molar-refractivity contribution in [3.8, 4) is 0 Å². The molecule has 0 atom stereocenters. The fourth-order valence-corrected chi connectivity index (χ4v) is 1.93. The molecule has 2 aromatic rings. The maximum atomic E-state index is 5.55. The van der Waals surface area contributed by atoms with Crippen LogP contribution in [0.4, 0.5) is 0 Å². The molecule has 0 bridgehead atoms. The number of pyridine rings is 1. The first-order valence-corrected chi connectivity index (χ1v) is 4.85. The molecule has 3 nitrogen and oxygen atoms in total. The summed E-state index contributed by atoms with van der Waals surface area (Å²) in [7, 11) is 0. The average molecular weight is 240 g/mol. The van der Waals surface area contributed by atoms with Gasteiger partial charge in [-0.2, -0.15) is 0 Å². The summed E-state index contributed by atoms with van der Waals surface area (Å²) in [5.41, 5.74) is 7.74. The van der Waals surface area contributed by atoms with Gasteiger partial charge in [0, 0.05) is 12.7 Å². The molecule has 0 saturated heterocycles. The number of halogens is 1. The minimum Gasteiger partial charge on any atom is -0.326 e. The number of hydrogen-bond acceptors (Lipinski definition) is 2. The lowest BCUT2D eigenvalue weighted by Gasteiger charge is -1.99. The molecule has 0 radical (unpaired) electrons. The molecule has 0 saturated carbocycles. The van der Waals surface area contributed by atoms with E-state index in [1.54, 1.807) is 0 Å². The molecule has 0 spiro atoms. The van der Waals surface area contributed by atoms with Gasteiger partial charge < -0.3 is 10.1 Å². The van der Waals surface area contributed by atoms with Gasteiger partial charge in [-0.3, -0.25) is 0 Å². The van der Waals surface area contributed by atoms with Gasteiger partial charge >= 0.3 is 0 Å². The van der Waals surface area contributed by atoms with Gasteiger partial charge in [-0.25, -0.2) is 4.98 Å². The van der Waals surface area contributed by atoms with Gasteiger partial charge in [0.05, 0.1) is 5.52 Å². The lowest BCUT2D eigenvalue weighted by molar-refractivity contribution is 1.01. The Morgan fingerprint density at radius 1 is 1.62 bits per heavy atom. The fourth-order valence-electron chi connectivity index (χ4n) is 1.37. The lowest BCUT2D eigenvalue weighted by Crippen LogP contribution is -1.97. The first-order chi connectivity index (χ1) is 6.22. The van der Waals surface area contributed by atoms with Gasteiger partial charge in [-0.05, 0) is 40.5 Å². The highest BCUT2D eigenvalue weighted by Gasteiger charge is 2.04. The summed E-state index contributed by atoms with van der Waals surface area (Å²) in [5, 5.41) is 0. The predicted octanol–water partition coefficient (Wildman–Crippen LogP) is 1.86. The number of aryl methyl sites for hydroxylation is 1. The predicted molar refractivity (Wildman–Crippen MR) is 55.5 cm³/mol. The molecule has 0 aliphatic heterocycles. The highest BCUT2D eigenvalue weighted by molar-refractivity contribution is 9.10. The monoisotopic (exact) mass is 239 g/mol. The van der Waals surface area contributed by atoms with Crippen molar-refractivity contribution in [1.29, 1.82) is 0 Å². The van der Waals surface area contributed by atoms with Crippen LogP contribution in [0.15, 0.2) is 22.9 Å².